The molecule has 18 heavy (non-hydrogen) atoms. The van der Waals surface area contributed by atoms with Crippen molar-refractivity contribution in [2.75, 3.05) is 12.4 Å². The van der Waals surface area contributed by atoms with Crippen LogP contribution in [0.15, 0.2) is 18.2 Å². The standard InChI is InChI=1S/C13H19FN2O2/c1-13(2,3)18-12(17)16-11-6-5-10(14)7-9(11)8-15-4/h5-7,15H,8H2,1-4H3,(H,16,17). The van der Waals surface area contributed by atoms with Gasteiger partial charge in [0.25, 0.3) is 0 Å². The van der Waals surface area contributed by atoms with Crippen LogP contribution >= 0.6 is 0 Å². The summed E-state index contributed by atoms with van der Waals surface area (Å²) in [5.74, 6) is -0.338. The van der Waals surface area contributed by atoms with Crippen LogP contribution in [0.2, 0.25) is 0 Å². The first-order chi connectivity index (χ1) is 8.31. The Bertz CT molecular complexity index is 427. The molecule has 0 unspecified atom stereocenters. The van der Waals surface area contributed by atoms with Crippen molar-refractivity contribution in [2.45, 2.75) is 32.9 Å². The Morgan fingerprint density at radius 1 is 1.39 bits per heavy atom. The molecule has 4 nitrogen and oxygen atoms in total. The van der Waals surface area contributed by atoms with Gasteiger partial charge in [0.2, 0.25) is 0 Å². The fourth-order valence-electron chi connectivity index (χ4n) is 1.43. The van der Waals surface area contributed by atoms with Crippen LogP contribution < -0.4 is 10.6 Å². The Balaban J connectivity index is 2.80. The average molecular weight is 254 g/mol. The molecule has 5 heteroatoms. The second-order valence-corrected chi connectivity index (χ2v) is 4.96. The summed E-state index contributed by atoms with van der Waals surface area (Å²) in [5, 5.41) is 5.53. The van der Waals surface area contributed by atoms with Gasteiger partial charge in [0, 0.05) is 12.2 Å². The topological polar surface area (TPSA) is 50.4 Å². The first kappa shape index (κ1) is 14.4. The van der Waals surface area contributed by atoms with Crippen molar-refractivity contribution in [1.82, 2.24) is 5.32 Å². The number of carbonyl (C=O) groups excluding carboxylic acids is 1. The van der Waals surface area contributed by atoms with Crippen molar-refractivity contribution in [3.8, 4) is 0 Å². The van der Waals surface area contributed by atoms with Crippen LogP contribution in [0.5, 0.6) is 0 Å². The third-order valence-electron chi connectivity index (χ3n) is 2.07. The minimum Gasteiger partial charge on any atom is -0.444 e. The van der Waals surface area contributed by atoms with Gasteiger partial charge in [-0.1, -0.05) is 0 Å². The molecule has 1 amide bonds. The lowest BCUT2D eigenvalue weighted by Crippen LogP contribution is -2.27. The fraction of sp³-hybridized carbons (Fsp3) is 0.462. The molecule has 0 fully saturated rings. The summed E-state index contributed by atoms with van der Waals surface area (Å²) in [6.45, 7) is 5.81. The largest absolute Gasteiger partial charge is 0.444 e. The third-order valence-corrected chi connectivity index (χ3v) is 2.07. The molecular weight excluding hydrogens is 235 g/mol. The second-order valence-electron chi connectivity index (χ2n) is 4.96. The Morgan fingerprint density at radius 3 is 2.61 bits per heavy atom. The van der Waals surface area contributed by atoms with Gasteiger partial charge in [0.1, 0.15) is 11.4 Å². The normalized spacial score (nSPS) is 11.2. The van der Waals surface area contributed by atoms with E-state index in [0.717, 1.165) is 0 Å². The molecule has 0 bridgehead atoms. The molecule has 0 radical (unpaired) electrons. The molecule has 1 aromatic carbocycles. The van der Waals surface area contributed by atoms with Gasteiger partial charge < -0.3 is 10.1 Å². The summed E-state index contributed by atoms with van der Waals surface area (Å²) in [6.07, 6.45) is -0.550. The molecule has 1 rings (SSSR count). The first-order valence-corrected chi connectivity index (χ1v) is 5.75. The van der Waals surface area contributed by atoms with Crippen molar-refractivity contribution >= 4 is 11.8 Å². The Kier molecular flexibility index (Phi) is 4.67. The van der Waals surface area contributed by atoms with Crippen molar-refractivity contribution in [2.24, 2.45) is 0 Å². The number of benzene rings is 1. The molecule has 0 spiro atoms. The maximum Gasteiger partial charge on any atom is 0.412 e. The highest BCUT2D eigenvalue weighted by molar-refractivity contribution is 5.85. The molecular formula is C13H19FN2O2. The smallest absolute Gasteiger partial charge is 0.412 e. The van der Waals surface area contributed by atoms with Crippen LogP contribution in [0.4, 0.5) is 14.9 Å². The molecule has 100 valence electrons. The van der Waals surface area contributed by atoms with Gasteiger partial charge in [-0.25, -0.2) is 9.18 Å². The molecule has 0 saturated carbocycles. The van der Waals surface area contributed by atoms with E-state index in [1.807, 2.05) is 0 Å². The maximum atomic E-state index is 13.1. The molecule has 0 saturated heterocycles. The monoisotopic (exact) mass is 254 g/mol. The molecule has 0 heterocycles. The van der Waals surface area contributed by atoms with E-state index >= 15 is 0 Å². The predicted octanol–water partition coefficient (Wildman–Crippen LogP) is 2.89. The summed E-state index contributed by atoms with van der Waals surface area (Å²) in [6, 6.07) is 4.20. The van der Waals surface area contributed by atoms with Crippen LogP contribution in [-0.4, -0.2) is 18.7 Å². The average Bonchev–Trinajstić information content (AvgIpc) is 2.20. The number of amides is 1. The van der Waals surface area contributed by atoms with Gasteiger partial charge in [0.15, 0.2) is 0 Å². The minimum absolute atomic E-state index is 0.338. The van der Waals surface area contributed by atoms with Crippen LogP contribution in [0, 0.1) is 5.82 Å². The molecule has 0 aromatic heterocycles. The van der Waals surface area contributed by atoms with Crippen molar-refractivity contribution in [3.63, 3.8) is 0 Å². The van der Waals surface area contributed by atoms with Gasteiger partial charge in [-0.15, -0.1) is 0 Å². The first-order valence-electron chi connectivity index (χ1n) is 5.75. The van der Waals surface area contributed by atoms with E-state index in [0.29, 0.717) is 17.8 Å². The van der Waals surface area contributed by atoms with Gasteiger partial charge in [0.05, 0.1) is 0 Å². The van der Waals surface area contributed by atoms with Crippen molar-refractivity contribution < 1.29 is 13.9 Å². The SMILES string of the molecule is CNCc1cc(F)ccc1NC(=O)OC(C)(C)C. The number of carbonyl (C=O) groups is 1. The number of ether oxygens (including phenoxy) is 1. The predicted molar refractivity (Wildman–Crippen MR) is 69.0 cm³/mol. The Labute approximate surface area is 107 Å². The molecule has 2 N–H and O–H groups in total. The van der Waals surface area contributed by atoms with Crippen LogP contribution in [-0.2, 0) is 11.3 Å². The number of rotatable bonds is 3. The summed E-state index contributed by atoms with van der Waals surface area (Å²) in [4.78, 5) is 11.6. The zero-order valence-electron chi connectivity index (χ0n) is 11.1. The zero-order valence-corrected chi connectivity index (χ0v) is 11.1. The lowest BCUT2D eigenvalue weighted by molar-refractivity contribution is 0.0635. The number of hydrogen-bond donors (Lipinski definition) is 2. The lowest BCUT2D eigenvalue weighted by atomic mass is 10.1. The van der Waals surface area contributed by atoms with E-state index in [9.17, 15) is 9.18 Å². The summed E-state index contributed by atoms with van der Waals surface area (Å²) >= 11 is 0. The highest BCUT2D eigenvalue weighted by Crippen LogP contribution is 2.18. The molecule has 0 aliphatic carbocycles. The van der Waals surface area contributed by atoms with E-state index in [2.05, 4.69) is 10.6 Å². The van der Waals surface area contributed by atoms with Gasteiger partial charge in [-0.2, -0.15) is 0 Å². The zero-order chi connectivity index (χ0) is 13.8. The number of anilines is 1. The lowest BCUT2D eigenvalue weighted by Gasteiger charge is -2.20. The highest BCUT2D eigenvalue weighted by atomic mass is 19.1. The molecule has 0 aliphatic heterocycles. The van der Waals surface area contributed by atoms with E-state index in [1.165, 1.54) is 18.2 Å². The van der Waals surface area contributed by atoms with Crippen molar-refractivity contribution in [1.29, 1.82) is 0 Å². The Morgan fingerprint density at radius 2 is 2.06 bits per heavy atom. The molecule has 0 aliphatic rings. The number of hydrogen-bond acceptors (Lipinski definition) is 3. The van der Waals surface area contributed by atoms with E-state index < -0.39 is 11.7 Å². The van der Waals surface area contributed by atoms with Crippen LogP contribution in [0.1, 0.15) is 26.3 Å². The quantitative estimate of drug-likeness (QED) is 0.872. The van der Waals surface area contributed by atoms with Crippen molar-refractivity contribution in [3.05, 3.63) is 29.6 Å². The summed E-state index contributed by atoms with van der Waals surface area (Å²) in [5.41, 5.74) is 0.649. The molecule has 1 aromatic rings. The number of nitrogens with one attached hydrogen (secondary N) is 2. The van der Waals surface area contributed by atoms with Crippen LogP contribution in [0.3, 0.4) is 0 Å². The third kappa shape index (κ3) is 4.71. The fourth-order valence-corrected chi connectivity index (χ4v) is 1.43. The summed E-state index contributed by atoms with van der Waals surface area (Å²) < 4.78 is 18.2. The Hall–Kier alpha value is -1.62. The summed E-state index contributed by atoms with van der Waals surface area (Å²) in [7, 11) is 1.75. The second kappa shape index (κ2) is 5.82. The minimum atomic E-state index is -0.562. The number of halogens is 1. The van der Waals surface area contributed by atoms with Gasteiger partial charge in [-0.05, 0) is 51.6 Å². The molecule has 0 atom stereocenters. The highest BCUT2D eigenvalue weighted by Gasteiger charge is 2.17. The van der Waals surface area contributed by atoms with E-state index in [4.69, 9.17) is 4.74 Å². The van der Waals surface area contributed by atoms with Gasteiger partial charge >= 0.3 is 6.09 Å². The van der Waals surface area contributed by atoms with Gasteiger partial charge in [-0.3, -0.25) is 5.32 Å². The van der Waals surface area contributed by atoms with E-state index in [-0.39, 0.29) is 5.82 Å². The van der Waals surface area contributed by atoms with E-state index in [1.54, 1.807) is 27.8 Å². The maximum absolute atomic E-state index is 13.1. The van der Waals surface area contributed by atoms with Crippen LogP contribution in [0.25, 0.3) is 0 Å².